The molecule has 0 rings (SSSR count). The molecule has 0 aliphatic heterocycles. The number of unbranched alkanes of at least 4 members (excludes halogenated alkanes) is 33. The van der Waals surface area contributed by atoms with Crippen LogP contribution in [0.15, 0.2) is 60.8 Å². The Morgan fingerprint density at radius 3 is 1.03 bits per heavy atom. The molecule has 0 aliphatic rings. The highest BCUT2D eigenvalue weighted by Gasteiger charge is 2.16. The highest BCUT2D eigenvalue weighted by Crippen LogP contribution is 2.17. The van der Waals surface area contributed by atoms with E-state index in [2.05, 4.69) is 74.6 Å². The highest BCUT2D eigenvalue weighted by atomic mass is 16.6. The average molecular weight is 895 g/mol. The summed E-state index contributed by atoms with van der Waals surface area (Å²) in [4.78, 5) is 24.3. The normalized spacial score (nSPS) is 12.6. The molecule has 0 aromatic rings. The number of hydrogen-bond acceptors (Lipinski definition) is 5. The summed E-state index contributed by atoms with van der Waals surface area (Å²) in [6.07, 6.45) is 73.7. The van der Waals surface area contributed by atoms with Crippen molar-refractivity contribution in [1.82, 2.24) is 0 Å². The number of esters is 2. The lowest BCUT2D eigenvalue weighted by Crippen LogP contribution is -2.28. The Morgan fingerprint density at radius 1 is 0.375 bits per heavy atom. The van der Waals surface area contributed by atoms with Gasteiger partial charge in [-0.1, -0.05) is 261 Å². The lowest BCUT2D eigenvalue weighted by molar-refractivity contribution is -0.161. The molecule has 64 heavy (non-hydrogen) atoms. The summed E-state index contributed by atoms with van der Waals surface area (Å²) in [6, 6.07) is 0. The third-order valence-corrected chi connectivity index (χ3v) is 12.3. The zero-order valence-electron chi connectivity index (χ0n) is 42.5. The molecule has 0 saturated heterocycles. The zero-order chi connectivity index (χ0) is 46.3. The van der Waals surface area contributed by atoms with Crippen LogP contribution in [0, 0.1) is 0 Å². The molecular weight excluding hydrogens is 789 g/mol. The molecule has 5 heteroatoms. The van der Waals surface area contributed by atoms with Crippen molar-refractivity contribution in [1.29, 1.82) is 0 Å². The van der Waals surface area contributed by atoms with Crippen LogP contribution in [0.2, 0.25) is 0 Å². The third-order valence-electron chi connectivity index (χ3n) is 12.3. The van der Waals surface area contributed by atoms with E-state index in [-0.39, 0.29) is 25.2 Å². The van der Waals surface area contributed by atoms with Crippen LogP contribution in [0.4, 0.5) is 0 Å². The van der Waals surface area contributed by atoms with Gasteiger partial charge >= 0.3 is 11.9 Å². The number of allylic oxidation sites excluding steroid dienone is 10. The number of carbonyl (C=O) groups is 2. The summed E-state index contributed by atoms with van der Waals surface area (Å²) in [5.41, 5.74) is 0. The summed E-state index contributed by atoms with van der Waals surface area (Å²) >= 11 is 0. The first-order valence-corrected chi connectivity index (χ1v) is 27.8. The third kappa shape index (κ3) is 52.2. The molecule has 1 unspecified atom stereocenters. The first-order chi connectivity index (χ1) is 31.6. The van der Waals surface area contributed by atoms with Gasteiger partial charge in [0.25, 0.3) is 0 Å². The Balaban J connectivity index is 3.36. The summed E-state index contributed by atoms with van der Waals surface area (Å²) in [7, 11) is 0. The van der Waals surface area contributed by atoms with Crippen molar-refractivity contribution >= 4 is 11.9 Å². The molecule has 0 amide bonds. The minimum Gasteiger partial charge on any atom is -0.462 e. The summed E-state index contributed by atoms with van der Waals surface area (Å²) in [5.74, 6) is -0.592. The van der Waals surface area contributed by atoms with Gasteiger partial charge in [-0.15, -0.1) is 0 Å². The van der Waals surface area contributed by atoms with Crippen LogP contribution in [-0.4, -0.2) is 36.4 Å². The second-order valence-corrected chi connectivity index (χ2v) is 18.6. The zero-order valence-corrected chi connectivity index (χ0v) is 42.5. The van der Waals surface area contributed by atoms with E-state index in [0.717, 1.165) is 70.6 Å². The van der Waals surface area contributed by atoms with Gasteiger partial charge in [0.2, 0.25) is 0 Å². The van der Waals surface area contributed by atoms with Crippen LogP contribution in [0.1, 0.15) is 284 Å². The Labute approximate surface area is 398 Å². The Morgan fingerprint density at radius 2 is 0.672 bits per heavy atom. The molecule has 5 nitrogen and oxygen atoms in total. The van der Waals surface area contributed by atoms with Crippen LogP contribution in [0.25, 0.3) is 0 Å². The fourth-order valence-corrected chi connectivity index (χ4v) is 8.12. The SMILES string of the molecule is CC/C=C\C/C=C\C/C=C\C/C=C\CCCCCCCCCCCCCCCCCCCCCCCCCCCCC(=O)OC(CO)COC(=O)CCCCCCC/C=C\CCCC. The maximum Gasteiger partial charge on any atom is 0.306 e. The lowest BCUT2D eigenvalue weighted by atomic mass is 10.0. The van der Waals surface area contributed by atoms with E-state index in [1.165, 1.54) is 186 Å². The van der Waals surface area contributed by atoms with E-state index in [1.54, 1.807) is 0 Å². The molecule has 1 atom stereocenters. The van der Waals surface area contributed by atoms with Crippen LogP contribution in [0.3, 0.4) is 0 Å². The molecule has 0 heterocycles. The van der Waals surface area contributed by atoms with Crippen molar-refractivity contribution in [2.45, 2.75) is 290 Å². The van der Waals surface area contributed by atoms with Crippen LogP contribution >= 0.6 is 0 Å². The van der Waals surface area contributed by atoms with Gasteiger partial charge in [0.1, 0.15) is 6.61 Å². The van der Waals surface area contributed by atoms with Crippen molar-refractivity contribution in [3.05, 3.63) is 60.8 Å². The predicted octanol–water partition coefficient (Wildman–Crippen LogP) is 18.6. The number of aliphatic hydroxyl groups excluding tert-OH is 1. The molecule has 372 valence electrons. The van der Waals surface area contributed by atoms with Crippen molar-refractivity contribution in [2.75, 3.05) is 13.2 Å². The second kappa shape index (κ2) is 54.9. The van der Waals surface area contributed by atoms with Gasteiger partial charge in [0.05, 0.1) is 6.61 Å². The largest absolute Gasteiger partial charge is 0.462 e. The number of carbonyl (C=O) groups excluding carboxylic acids is 2. The highest BCUT2D eigenvalue weighted by molar-refractivity contribution is 5.70. The van der Waals surface area contributed by atoms with E-state index < -0.39 is 6.10 Å². The van der Waals surface area contributed by atoms with Gasteiger partial charge in [-0.25, -0.2) is 0 Å². The molecule has 0 aromatic heterocycles. The number of ether oxygens (including phenoxy) is 2. The molecule has 0 bridgehead atoms. The standard InChI is InChI=1S/C59H106O5/c1-3-5-7-9-11-13-15-16-17-18-19-20-21-22-23-24-25-26-27-28-29-30-31-32-33-34-35-36-37-38-39-40-41-42-44-46-48-50-52-54-59(62)64-57(55-60)56-63-58(61)53-51-49-47-45-43-14-12-10-8-6-4-2/h5,7,10-13,16-17,19-20,57,60H,3-4,6,8-9,14-15,18,21-56H2,1-2H3/b7-5-,12-10-,13-11-,17-16-,20-19-. The molecule has 0 radical (unpaired) electrons. The maximum atomic E-state index is 12.3. The second-order valence-electron chi connectivity index (χ2n) is 18.6. The van der Waals surface area contributed by atoms with Crippen molar-refractivity contribution < 1.29 is 24.2 Å². The van der Waals surface area contributed by atoms with Gasteiger partial charge in [0, 0.05) is 12.8 Å². The van der Waals surface area contributed by atoms with E-state index in [4.69, 9.17) is 9.47 Å². The van der Waals surface area contributed by atoms with Gasteiger partial charge in [-0.3, -0.25) is 9.59 Å². The molecule has 0 saturated carbocycles. The first-order valence-electron chi connectivity index (χ1n) is 27.8. The molecule has 0 aromatic carbocycles. The van der Waals surface area contributed by atoms with Crippen LogP contribution in [0.5, 0.6) is 0 Å². The Kier molecular flexibility index (Phi) is 52.9. The minimum atomic E-state index is -0.772. The summed E-state index contributed by atoms with van der Waals surface area (Å²) < 4.78 is 10.6. The monoisotopic (exact) mass is 895 g/mol. The average Bonchev–Trinajstić information content (AvgIpc) is 3.30. The van der Waals surface area contributed by atoms with Gasteiger partial charge < -0.3 is 14.6 Å². The van der Waals surface area contributed by atoms with Crippen molar-refractivity contribution in [3.63, 3.8) is 0 Å². The minimum absolute atomic E-state index is 0.0671. The van der Waals surface area contributed by atoms with E-state index in [1.807, 2.05) is 0 Å². The Bertz CT molecular complexity index is 1100. The van der Waals surface area contributed by atoms with Crippen molar-refractivity contribution in [2.24, 2.45) is 0 Å². The molecular formula is C59H106O5. The van der Waals surface area contributed by atoms with E-state index >= 15 is 0 Å². The first kappa shape index (κ1) is 61.6. The van der Waals surface area contributed by atoms with Gasteiger partial charge in [-0.2, -0.15) is 0 Å². The molecule has 0 aliphatic carbocycles. The molecule has 1 N–H and O–H groups in total. The van der Waals surface area contributed by atoms with E-state index in [0.29, 0.717) is 12.8 Å². The predicted molar refractivity (Wildman–Crippen MR) is 279 cm³/mol. The van der Waals surface area contributed by atoms with Crippen LogP contribution in [-0.2, 0) is 19.1 Å². The number of rotatable bonds is 51. The van der Waals surface area contributed by atoms with Crippen LogP contribution < -0.4 is 0 Å². The maximum absolute atomic E-state index is 12.3. The molecule has 0 spiro atoms. The fraction of sp³-hybridized carbons (Fsp3) is 0.797. The summed E-state index contributed by atoms with van der Waals surface area (Å²) in [5, 5.41) is 9.60. The Hall–Kier alpha value is -2.40. The fourth-order valence-electron chi connectivity index (χ4n) is 8.12. The molecule has 0 fully saturated rings. The quantitative estimate of drug-likeness (QED) is 0.0374. The van der Waals surface area contributed by atoms with E-state index in [9.17, 15) is 14.7 Å². The summed E-state index contributed by atoms with van der Waals surface area (Å²) in [6.45, 7) is 4.00. The smallest absolute Gasteiger partial charge is 0.306 e. The lowest BCUT2D eigenvalue weighted by Gasteiger charge is -2.15. The number of hydrogen-bond donors (Lipinski definition) is 1. The number of aliphatic hydroxyl groups is 1. The topological polar surface area (TPSA) is 72.8 Å². The van der Waals surface area contributed by atoms with Gasteiger partial charge in [0.15, 0.2) is 6.10 Å². The van der Waals surface area contributed by atoms with Crippen molar-refractivity contribution in [3.8, 4) is 0 Å². The van der Waals surface area contributed by atoms with Gasteiger partial charge in [-0.05, 0) is 70.6 Å².